The van der Waals surface area contributed by atoms with Crippen molar-refractivity contribution in [3.8, 4) is 22.5 Å². The van der Waals surface area contributed by atoms with Crippen LogP contribution in [0.3, 0.4) is 0 Å². The third-order valence-electron chi connectivity index (χ3n) is 5.61. The molecule has 176 valence electrons. The molecule has 8 nitrogen and oxygen atoms in total. The molecule has 0 fully saturated rings. The van der Waals surface area contributed by atoms with Gasteiger partial charge in [-0.3, -0.25) is 0 Å². The summed E-state index contributed by atoms with van der Waals surface area (Å²) >= 11 is 0. The molecule has 0 saturated heterocycles. The molecule has 33 heavy (non-hydrogen) atoms. The molecule has 8 heteroatoms. The Labute approximate surface area is 195 Å². The molecule has 1 aliphatic rings. The van der Waals surface area contributed by atoms with Gasteiger partial charge in [0.2, 0.25) is 0 Å². The van der Waals surface area contributed by atoms with E-state index < -0.39 is 0 Å². The molecular formula is C25H32N4O4. The lowest BCUT2D eigenvalue weighted by atomic mass is 9.96. The molecule has 2 heterocycles. The summed E-state index contributed by atoms with van der Waals surface area (Å²) in [5, 5.41) is 9.08. The number of ether oxygens (including phenoxy) is 4. The molecule has 1 aliphatic heterocycles. The summed E-state index contributed by atoms with van der Waals surface area (Å²) in [7, 11) is 3.78. The van der Waals surface area contributed by atoms with Gasteiger partial charge in [0.15, 0.2) is 0 Å². The van der Waals surface area contributed by atoms with Crippen molar-refractivity contribution in [2.24, 2.45) is 0 Å². The Morgan fingerprint density at radius 1 is 0.788 bits per heavy atom. The Bertz CT molecular complexity index is 1020. The minimum absolute atomic E-state index is 0.527. The monoisotopic (exact) mass is 452 g/mol. The van der Waals surface area contributed by atoms with Gasteiger partial charge in [0.1, 0.15) is 5.69 Å². The van der Waals surface area contributed by atoms with E-state index in [1.165, 1.54) is 5.56 Å². The normalized spacial score (nSPS) is 12.6. The maximum Gasteiger partial charge on any atom is 0.123 e. The Hall–Kier alpha value is -2.78. The van der Waals surface area contributed by atoms with Crippen molar-refractivity contribution < 1.29 is 18.9 Å². The minimum Gasteiger partial charge on any atom is -0.382 e. The molecular weight excluding hydrogens is 420 g/mol. The predicted molar refractivity (Wildman–Crippen MR) is 127 cm³/mol. The van der Waals surface area contributed by atoms with Crippen LogP contribution in [0.5, 0.6) is 0 Å². The smallest absolute Gasteiger partial charge is 0.123 e. The van der Waals surface area contributed by atoms with E-state index in [1.807, 2.05) is 4.68 Å². The first-order valence-electron chi connectivity index (χ1n) is 11.3. The summed E-state index contributed by atoms with van der Waals surface area (Å²) in [6.45, 7) is 5.33. The highest BCUT2D eigenvalue weighted by Gasteiger charge is 2.24. The van der Waals surface area contributed by atoms with Crippen molar-refractivity contribution >= 4 is 5.69 Å². The summed E-state index contributed by atoms with van der Waals surface area (Å²) < 4.78 is 23.6. The number of nitrogens with zero attached hydrogens (tertiary/aromatic N) is 4. The lowest BCUT2D eigenvalue weighted by molar-refractivity contribution is 0.00248. The third-order valence-corrected chi connectivity index (χ3v) is 5.61. The van der Waals surface area contributed by atoms with E-state index in [1.54, 1.807) is 7.11 Å². The molecule has 0 bridgehead atoms. The first-order valence-corrected chi connectivity index (χ1v) is 11.3. The summed E-state index contributed by atoms with van der Waals surface area (Å²) in [4.78, 5) is 2.27. The number of fused-ring (bicyclic) bond motifs is 5. The van der Waals surface area contributed by atoms with Gasteiger partial charge in [-0.05, 0) is 11.6 Å². The van der Waals surface area contributed by atoms with Gasteiger partial charge in [-0.25, -0.2) is 4.68 Å². The lowest BCUT2D eigenvalue weighted by Crippen LogP contribution is -2.20. The van der Waals surface area contributed by atoms with Crippen LogP contribution in [-0.2, 0) is 32.0 Å². The van der Waals surface area contributed by atoms with Crippen molar-refractivity contribution in [1.29, 1.82) is 0 Å². The zero-order chi connectivity index (χ0) is 22.9. The maximum absolute atomic E-state index is 5.79. The fraction of sp³-hybridized carbons (Fsp3) is 0.440. The van der Waals surface area contributed by atoms with Gasteiger partial charge in [0, 0.05) is 37.5 Å². The fourth-order valence-electron chi connectivity index (χ4n) is 3.99. The summed E-state index contributed by atoms with van der Waals surface area (Å²) in [5.74, 6) is 0. The average molecular weight is 453 g/mol. The van der Waals surface area contributed by atoms with Crippen LogP contribution in [0.2, 0.25) is 0 Å². The van der Waals surface area contributed by atoms with E-state index in [0.717, 1.165) is 34.7 Å². The SMILES string of the molecule is COCCOCCOCCOCCn1nnc2c1-c1ccccc1CN(C)c1ccccc1-2. The zero-order valence-corrected chi connectivity index (χ0v) is 19.4. The second kappa shape index (κ2) is 11.9. The van der Waals surface area contributed by atoms with E-state index in [0.29, 0.717) is 52.8 Å². The highest BCUT2D eigenvalue weighted by atomic mass is 16.6. The number of anilines is 1. The summed E-state index contributed by atoms with van der Waals surface area (Å²) in [5.41, 5.74) is 6.61. The lowest BCUT2D eigenvalue weighted by Gasteiger charge is -2.26. The van der Waals surface area contributed by atoms with Crippen molar-refractivity contribution in [3.63, 3.8) is 0 Å². The number of hydrogen-bond acceptors (Lipinski definition) is 7. The highest BCUT2D eigenvalue weighted by Crippen LogP contribution is 2.40. The molecule has 2 aromatic carbocycles. The molecule has 0 atom stereocenters. The second-order valence-electron chi connectivity index (χ2n) is 7.87. The second-order valence-corrected chi connectivity index (χ2v) is 7.87. The van der Waals surface area contributed by atoms with E-state index in [2.05, 4.69) is 70.8 Å². The topological polar surface area (TPSA) is 70.9 Å². The Balaban J connectivity index is 1.39. The van der Waals surface area contributed by atoms with Crippen LogP contribution in [0.1, 0.15) is 5.56 Å². The first-order chi connectivity index (χ1) is 16.3. The van der Waals surface area contributed by atoms with Crippen molar-refractivity contribution in [1.82, 2.24) is 15.0 Å². The molecule has 0 aliphatic carbocycles. The average Bonchev–Trinajstić information content (AvgIpc) is 3.25. The van der Waals surface area contributed by atoms with Crippen LogP contribution in [0, 0.1) is 0 Å². The molecule has 1 aromatic heterocycles. The number of benzene rings is 2. The third kappa shape index (κ3) is 5.78. The fourth-order valence-corrected chi connectivity index (χ4v) is 3.99. The van der Waals surface area contributed by atoms with Gasteiger partial charge in [0.05, 0.1) is 58.5 Å². The van der Waals surface area contributed by atoms with Gasteiger partial charge < -0.3 is 23.8 Å². The number of rotatable bonds is 12. The van der Waals surface area contributed by atoms with E-state index >= 15 is 0 Å². The molecule has 0 amide bonds. The molecule has 4 rings (SSSR count). The molecule has 0 unspecified atom stereocenters. The van der Waals surface area contributed by atoms with Crippen LogP contribution in [0.25, 0.3) is 22.5 Å². The first kappa shape index (κ1) is 23.4. The quantitative estimate of drug-likeness (QED) is 0.391. The zero-order valence-electron chi connectivity index (χ0n) is 19.4. The van der Waals surface area contributed by atoms with Crippen LogP contribution in [0.4, 0.5) is 5.69 Å². The van der Waals surface area contributed by atoms with Crippen molar-refractivity contribution in [2.75, 3.05) is 65.3 Å². The molecule has 0 saturated carbocycles. The predicted octanol–water partition coefficient (Wildman–Crippen LogP) is 3.26. The van der Waals surface area contributed by atoms with Crippen LogP contribution < -0.4 is 4.90 Å². The maximum atomic E-state index is 5.79. The summed E-state index contributed by atoms with van der Waals surface area (Å²) in [6, 6.07) is 16.8. The van der Waals surface area contributed by atoms with Gasteiger partial charge in [-0.15, -0.1) is 5.10 Å². The number of hydrogen-bond donors (Lipinski definition) is 0. The van der Waals surface area contributed by atoms with Crippen LogP contribution >= 0.6 is 0 Å². The Morgan fingerprint density at radius 3 is 2.18 bits per heavy atom. The van der Waals surface area contributed by atoms with Crippen LogP contribution in [0.15, 0.2) is 48.5 Å². The van der Waals surface area contributed by atoms with E-state index in [4.69, 9.17) is 18.9 Å². The van der Waals surface area contributed by atoms with Gasteiger partial charge in [0.25, 0.3) is 0 Å². The highest BCUT2D eigenvalue weighted by molar-refractivity contribution is 5.87. The molecule has 3 aromatic rings. The minimum atomic E-state index is 0.527. The number of methoxy groups -OCH3 is 1. The van der Waals surface area contributed by atoms with Crippen molar-refractivity contribution in [2.45, 2.75) is 13.1 Å². The molecule has 0 radical (unpaired) electrons. The Kier molecular flexibility index (Phi) is 8.43. The Morgan fingerprint density at radius 2 is 1.42 bits per heavy atom. The molecule has 0 spiro atoms. The van der Waals surface area contributed by atoms with E-state index in [9.17, 15) is 0 Å². The number of para-hydroxylation sites is 1. The largest absolute Gasteiger partial charge is 0.382 e. The van der Waals surface area contributed by atoms with Gasteiger partial charge in [-0.2, -0.15) is 0 Å². The summed E-state index contributed by atoms with van der Waals surface area (Å²) in [6.07, 6.45) is 0. The molecule has 0 N–H and O–H groups in total. The standard InChI is InChI=1S/C25H32N4O4/c1-28-19-20-7-3-4-8-21(20)25-24(22-9-5-6-10-23(22)28)26-27-29(25)11-12-31-15-16-33-18-17-32-14-13-30-2/h3-10H,11-19H2,1-2H3. The van der Waals surface area contributed by atoms with Crippen LogP contribution in [-0.4, -0.2) is 75.4 Å². The number of aromatic nitrogens is 3. The van der Waals surface area contributed by atoms with Gasteiger partial charge >= 0.3 is 0 Å². The van der Waals surface area contributed by atoms with E-state index in [-0.39, 0.29) is 0 Å². The van der Waals surface area contributed by atoms with Crippen molar-refractivity contribution in [3.05, 3.63) is 54.1 Å². The van der Waals surface area contributed by atoms with Gasteiger partial charge in [-0.1, -0.05) is 47.7 Å².